The van der Waals surface area contributed by atoms with Gasteiger partial charge >= 0.3 is 0 Å². The summed E-state index contributed by atoms with van der Waals surface area (Å²) in [6, 6.07) is 30.4. The summed E-state index contributed by atoms with van der Waals surface area (Å²) in [6.07, 6.45) is 14.0. The molecule has 10 heteroatoms. The maximum atomic E-state index is 10.3. The van der Waals surface area contributed by atoms with Gasteiger partial charge in [-0.2, -0.15) is 0 Å². The molecule has 0 unspecified atom stereocenters. The van der Waals surface area contributed by atoms with Gasteiger partial charge in [-0.15, -0.1) is 20.5 Å². The van der Waals surface area contributed by atoms with Crippen LogP contribution in [0.4, 0.5) is 22.7 Å². The molecule has 0 saturated heterocycles. The van der Waals surface area contributed by atoms with Gasteiger partial charge in [-0.1, -0.05) is 60.7 Å². The van der Waals surface area contributed by atoms with Gasteiger partial charge in [-0.3, -0.25) is 0 Å². The molecule has 10 nitrogen and oxygen atoms in total. The van der Waals surface area contributed by atoms with Crippen molar-refractivity contribution in [1.82, 2.24) is 10.2 Å². The molecule has 0 saturated carbocycles. The largest absolute Gasteiger partial charge is 0.506 e. The van der Waals surface area contributed by atoms with E-state index in [-0.39, 0.29) is 11.5 Å². The standard InChI is InChI=1S/C39H38N8O2/c1-45(22-7-24-47-27-18-33(19-28-47)42-44-39-35-11-5-3-9-31(35)13-15-37(39)49)29-21-40-20-6-23-46-25-16-32(17-26-46)41-43-38-34-10-4-2-8-30(34)12-14-36(38)48/h2-5,8-19,21,25-29,40H,6-7,20,22-24H2,1H3/p+2. The van der Waals surface area contributed by atoms with Gasteiger partial charge in [0.05, 0.1) is 11.4 Å². The van der Waals surface area contributed by atoms with E-state index in [1.54, 1.807) is 12.1 Å². The van der Waals surface area contributed by atoms with Crippen LogP contribution in [0.3, 0.4) is 0 Å². The second-order valence-electron chi connectivity index (χ2n) is 11.8. The van der Waals surface area contributed by atoms with Crippen molar-refractivity contribution in [3.63, 3.8) is 0 Å². The van der Waals surface area contributed by atoms with E-state index < -0.39 is 0 Å². The van der Waals surface area contributed by atoms with Gasteiger partial charge in [0.25, 0.3) is 0 Å². The average molecular weight is 653 g/mol. The predicted molar refractivity (Wildman–Crippen MR) is 192 cm³/mol. The number of nitrogens with zero attached hydrogens (tertiary/aromatic N) is 7. The van der Waals surface area contributed by atoms with Crippen LogP contribution in [-0.4, -0.2) is 35.3 Å². The summed E-state index contributed by atoms with van der Waals surface area (Å²) in [5.41, 5.74) is 2.41. The number of azo groups is 2. The third-order valence-corrected chi connectivity index (χ3v) is 8.15. The smallest absolute Gasteiger partial charge is 0.171 e. The summed E-state index contributed by atoms with van der Waals surface area (Å²) in [6.45, 7) is 3.54. The lowest BCUT2D eigenvalue weighted by atomic mass is 10.1. The number of nitrogens with one attached hydrogen (secondary N) is 1. The molecule has 0 amide bonds. The molecular weight excluding hydrogens is 612 g/mol. The first-order valence-electron chi connectivity index (χ1n) is 16.4. The fraction of sp³-hybridized carbons (Fsp3) is 0.179. The number of aromatic nitrogens is 2. The first-order chi connectivity index (χ1) is 24.0. The number of fused-ring (bicyclic) bond motifs is 2. The van der Waals surface area contributed by atoms with Crippen molar-refractivity contribution in [1.29, 1.82) is 0 Å². The number of hydrogen-bond donors (Lipinski definition) is 3. The molecule has 0 aliphatic rings. The third kappa shape index (κ3) is 8.81. The molecule has 246 valence electrons. The van der Waals surface area contributed by atoms with E-state index in [1.807, 2.05) is 116 Å². The fourth-order valence-corrected chi connectivity index (χ4v) is 5.45. The van der Waals surface area contributed by atoms with E-state index in [9.17, 15) is 10.2 Å². The van der Waals surface area contributed by atoms with Crippen LogP contribution in [-0.2, 0) is 13.1 Å². The Hall–Kier alpha value is -6.16. The Bertz CT molecular complexity index is 2090. The van der Waals surface area contributed by atoms with Crippen LogP contribution in [0.15, 0.2) is 155 Å². The zero-order valence-corrected chi connectivity index (χ0v) is 27.5. The van der Waals surface area contributed by atoms with Gasteiger partial charge in [0.15, 0.2) is 24.8 Å². The molecule has 6 aromatic rings. The number of aromatic hydroxyl groups is 2. The lowest BCUT2D eigenvalue weighted by Crippen LogP contribution is -2.34. The van der Waals surface area contributed by atoms with E-state index in [0.717, 1.165) is 71.9 Å². The van der Waals surface area contributed by atoms with E-state index in [2.05, 4.69) is 53.1 Å². The first kappa shape index (κ1) is 32.8. The first-order valence-corrected chi connectivity index (χ1v) is 16.4. The van der Waals surface area contributed by atoms with E-state index in [0.29, 0.717) is 11.4 Å². The summed E-state index contributed by atoms with van der Waals surface area (Å²) in [4.78, 5) is 2.17. The molecule has 0 atom stereocenters. The molecule has 0 spiro atoms. The van der Waals surface area contributed by atoms with Crippen LogP contribution in [0.2, 0.25) is 0 Å². The zero-order chi connectivity index (χ0) is 33.8. The minimum absolute atomic E-state index is 0.115. The van der Waals surface area contributed by atoms with Crippen molar-refractivity contribution in [2.75, 3.05) is 20.1 Å². The molecule has 0 fully saturated rings. The Kier molecular flexibility index (Phi) is 10.8. The Balaban J connectivity index is 0.878. The molecule has 0 bridgehead atoms. The maximum Gasteiger partial charge on any atom is 0.171 e. The quantitative estimate of drug-likeness (QED) is 0.0624. The average Bonchev–Trinajstić information content (AvgIpc) is 3.13. The van der Waals surface area contributed by atoms with Crippen molar-refractivity contribution in [2.45, 2.75) is 25.9 Å². The summed E-state index contributed by atoms with van der Waals surface area (Å²) < 4.78 is 4.25. The highest BCUT2D eigenvalue weighted by Gasteiger charge is 2.08. The minimum Gasteiger partial charge on any atom is -0.506 e. The molecule has 2 aromatic heterocycles. The van der Waals surface area contributed by atoms with Crippen LogP contribution in [0.5, 0.6) is 11.5 Å². The molecule has 49 heavy (non-hydrogen) atoms. The minimum atomic E-state index is 0.115. The van der Waals surface area contributed by atoms with E-state index >= 15 is 0 Å². The second kappa shape index (κ2) is 16.1. The van der Waals surface area contributed by atoms with Gasteiger partial charge in [-0.05, 0) is 22.9 Å². The van der Waals surface area contributed by atoms with Crippen molar-refractivity contribution in [2.24, 2.45) is 20.5 Å². The molecular formula is C39H40N8O2+2. The highest BCUT2D eigenvalue weighted by molar-refractivity contribution is 5.96. The number of pyridine rings is 2. The van der Waals surface area contributed by atoms with E-state index in [1.165, 1.54) is 0 Å². The van der Waals surface area contributed by atoms with Crippen LogP contribution in [0.1, 0.15) is 12.8 Å². The normalized spacial score (nSPS) is 11.8. The Labute approximate surface area is 285 Å². The Morgan fingerprint density at radius 3 is 1.63 bits per heavy atom. The third-order valence-electron chi connectivity index (χ3n) is 8.15. The van der Waals surface area contributed by atoms with Crippen LogP contribution < -0.4 is 14.5 Å². The fourth-order valence-electron chi connectivity index (χ4n) is 5.45. The highest BCUT2D eigenvalue weighted by atomic mass is 16.3. The Morgan fingerprint density at radius 2 is 1.10 bits per heavy atom. The van der Waals surface area contributed by atoms with Gasteiger partial charge in [0, 0.05) is 80.4 Å². The molecule has 3 N–H and O–H groups in total. The number of aryl methyl sites for hydroxylation is 2. The lowest BCUT2D eigenvalue weighted by molar-refractivity contribution is -0.697. The Morgan fingerprint density at radius 1 is 0.612 bits per heavy atom. The van der Waals surface area contributed by atoms with Crippen molar-refractivity contribution >= 4 is 44.3 Å². The van der Waals surface area contributed by atoms with Crippen LogP contribution in [0.25, 0.3) is 21.5 Å². The summed E-state index contributed by atoms with van der Waals surface area (Å²) >= 11 is 0. The summed E-state index contributed by atoms with van der Waals surface area (Å²) in [5.74, 6) is 0.230. The second-order valence-corrected chi connectivity index (χ2v) is 11.8. The number of phenols is 2. The topological polar surface area (TPSA) is 113 Å². The molecule has 4 aromatic carbocycles. The number of hydrogen-bond acceptors (Lipinski definition) is 8. The van der Waals surface area contributed by atoms with Gasteiger partial charge in [0.1, 0.15) is 36.0 Å². The molecule has 0 radical (unpaired) electrons. The number of benzene rings is 4. The van der Waals surface area contributed by atoms with Crippen molar-refractivity contribution in [3.05, 3.63) is 134 Å². The molecule has 2 heterocycles. The lowest BCUT2D eigenvalue weighted by Gasteiger charge is -2.12. The summed E-state index contributed by atoms with van der Waals surface area (Å²) in [7, 11) is 2.07. The number of rotatable bonds is 14. The highest BCUT2D eigenvalue weighted by Crippen LogP contribution is 2.37. The maximum absolute atomic E-state index is 10.3. The van der Waals surface area contributed by atoms with Gasteiger partial charge in [0.2, 0.25) is 0 Å². The molecule has 0 aliphatic heterocycles. The predicted octanol–water partition coefficient (Wildman–Crippen LogP) is 8.28. The van der Waals surface area contributed by atoms with Crippen molar-refractivity contribution in [3.8, 4) is 11.5 Å². The molecule has 6 rings (SSSR count). The SMILES string of the molecule is CN(C=CNCCC[n+]1ccc(N=Nc2c(O)ccc3ccccc23)cc1)CCC[n+]1ccc(N=Nc2c(O)ccc3ccccc23)cc1. The van der Waals surface area contributed by atoms with Crippen molar-refractivity contribution < 1.29 is 19.3 Å². The van der Waals surface area contributed by atoms with Gasteiger partial charge in [-0.25, -0.2) is 9.13 Å². The molecule has 0 aliphatic carbocycles. The van der Waals surface area contributed by atoms with Crippen LogP contribution >= 0.6 is 0 Å². The van der Waals surface area contributed by atoms with E-state index in [4.69, 9.17) is 0 Å². The van der Waals surface area contributed by atoms with Crippen LogP contribution in [0, 0.1) is 0 Å². The monoisotopic (exact) mass is 652 g/mol. The zero-order valence-electron chi connectivity index (χ0n) is 27.5. The number of phenolic OH excluding ortho intramolecular Hbond substituents is 2. The summed E-state index contributed by atoms with van der Waals surface area (Å²) in [5, 5.41) is 45.1. The van der Waals surface area contributed by atoms with Gasteiger partial charge < -0.3 is 20.4 Å².